The van der Waals surface area contributed by atoms with Crippen molar-refractivity contribution in [3.05, 3.63) is 66.2 Å². The van der Waals surface area contributed by atoms with Gasteiger partial charge in [0.05, 0.1) is 28.6 Å². The number of rotatable bonds is 12. The Hall–Kier alpha value is -2.24. The Morgan fingerprint density at radius 3 is 2.05 bits per heavy atom. The van der Waals surface area contributed by atoms with Crippen molar-refractivity contribution in [2.45, 2.75) is 64.1 Å². The van der Waals surface area contributed by atoms with Crippen molar-refractivity contribution >= 4 is 33.2 Å². The fourth-order valence-electron chi connectivity index (χ4n) is 3.68. The van der Waals surface area contributed by atoms with Crippen LogP contribution in [0.5, 0.6) is 0 Å². The van der Waals surface area contributed by atoms with Crippen LogP contribution in [0.25, 0.3) is 0 Å². The maximum absolute atomic E-state index is 13.4. The number of aliphatic hydroxyl groups excluding tert-OH is 1. The summed E-state index contributed by atoms with van der Waals surface area (Å²) in [6.45, 7) is 9.54. The predicted molar refractivity (Wildman–Crippen MR) is 163 cm³/mol. The molecule has 0 saturated heterocycles. The molecule has 0 saturated carbocycles. The summed E-state index contributed by atoms with van der Waals surface area (Å²) in [5, 5.41) is 14.1. The van der Waals surface area contributed by atoms with E-state index in [-0.39, 0.29) is 29.8 Å². The van der Waals surface area contributed by atoms with Crippen LogP contribution in [0, 0.1) is 11.3 Å². The van der Waals surface area contributed by atoms with E-state index in [1.165, 1.54) is 4.31 Å². The van der Waals surface area contributed by atoms with Gasteiger partial charge in [0.25, 0.3) is 0 Å². The maximum Gasteiger partial charge on any atom is 0.243 e. The van der Waals surface area contributed by atoms with Gasteiger partial charge in [-0.3, -0.25) is 9.79 Å². The van der Waals surface area contributed by atoms with Gasteiger partial charge in [0.1, 0.15) is 0 Å². The van der Waals surface area contributed by atoms with Gasteiger partial charge in [-0.05, 0) is 41.7 Å². The van der Waals surface area contributed by atoms with Crippen molar-refractivity contribution < 1.29 is 18.3 Å². The van der Waals surface area contributed by atoms with Crippen LogP contribution in [-0.4, -0.2) is 73.9 Å². The number of thioether (sulfide) groups is 1. The minimum atomic E-state index is -3.83. The number of hydrogen-bond acceptors (Lipinski definition) is 7. The van der Waals surface area contributed by atoms with Crippen LogP contribution < -0.4 is 11.1 Å². The lowest BCUT2D eigenvalue weighted by atomic mass is 9.86. The number of hydrogen-bond donors (Lipinski definition) is 3. The molecule has 0 radical (unpaired) electrons. The molecule has 10 heteroatoms. The average Bonchev–Trinajstić information content (AvgIpc) is 2.88. The van der Waals surface area contributed by atoms with Gasteiger partial charge in [-0.1, -0.05) is 83.1 Å². The number of sulfonamides is 1. The molecule has 4 N–H and O–H groups in total. The van der Waals surface area contributed by atoms with Gasteiger partial charge in [0.2, 0.25) is 15.9 Å². The quantitative estimate of drug-likeness (QED) is 0.260. The molecule has 8 nitrogen and oxygen atoms in total. The zero-order valence-electron chi connectivity index (χ0n) is 24.2. The van der Waals surface area contributed by atoms with Crippen LogP contribution in [0.15, 0.2) is 70.6 Å². The SMILES string of the molecule is CC(C)CN(C[C@@H](O)[C@H](Cc1ccccc1)NC(=O)[C@@H](N)C(C)(C)C)S(=O)(=O)c1ccccc1.CN=CSC. The zero-order valence-corrected chi connectivity index (χ0v) is 25.9. The molecule has 0 spiro atoms. The van der Waals surface area contributed by atoms with Crippen molar-refractivity contribution in [3.63, 3.8) is 0 Å². The Morgan fingerprint density at radius 2 is 1.62 bits per heavy atom. The second kappa shape index (κ2) is 16.8. The molecule has 0 fully saturated rings. The summed E-state index contributed by atoms with van der Waals surface area (Å²) < 4.78 is 28.0. The molecule has 2 rings (SSSR count). The van der Waals surface area contributed by atoms with E-state index in [2.05, 4.69) is 10.3 Å². The highest BCUT2D eigenvalue weighted by Crippen LogP contribution is 2.20. The van der Waals surface area contributed by atoms with Gasteiger partial charge in [-0.25, -0.2) is 8.42 Å². The van der Waals surface area contributed by atoms with Crippen LogP contribution in [-0.2, 0) is 21.2 Å². The number of nitrogens with one attached hydrogen (secondary N) is 1. The number of benzene rings is 2. The molecule has 0 heterocycles. The number of amides is 1. The largest absolute Gasteiger partial charge is 0.390 e. The Kier molecular flexibility index (Phi) is 15.0. The van der Waals surface area contributed by atoms with Gasteiger partial charge in [0.15, 0.2) is 0 Å². The summed E-state index contributed by atoms with van der Waals surface area (Å²) in [5.41, 5.74) is 8.39. The normalized spacial score (nSPS) is 14.5. The van der Waals surface area contributed by atoms with E-state index in [1.54, 1.807) is 54.7 Å². The summed E-state index contributed by atoms with van der Waals surface area (Å²) >= 11 is 1.61. The van der Waals surface area contributed by atoms with Gasteiger partial charge >= 0.3 is 0 Å². The molecule has 0 bridgehead atoms. The van der Waals surface area contributed by atoms with Gasteiger partial charge in [-0.15, -0.1) is 11.8 Å². The molecule has 0 aliphatic carbocycles. The Morgan fingerprint density at radius 1 is 1.08 bits per heavy atom. The molecule has 1 amide bonds. The number of carbonyl (C=O) groups is 1. The third kappa shape index (κ3) is 12.2. The molecule has 3 atom stereocenters. The smallest absolute Gasteiger partial charge is 0.243 e. The molecule has 0 aliphatic rings. The third-order valence-corrected chi connectivity index (χ3v) is 8.12. The van der Waals surface area contributed by atoms with Gasteiger partial charge < -0.3 is 16.2 Å². The summed E-state index contributed by atoms with van der Waals surface area (Å²) in [6, 6.07) is 16.1. The first-order valence-electron chi connectivity index (χ1n) is 13.0. The molecule has 2 aromatic rings. The van der Waals surface area contributed by atoms with Crippen LogP contribution in [0.1, 0.15) is 40.2 Å². The second-order valence-electron chi connectivity index (χ2n) is 10.8. The van der Waals surface area contributed by atoms with Crippen molar-refractivity contribution in [2.75, 3.05) is 26.4 Å². The number of carbonyl (C=O) groups excluding carboxylic acids is 1. The lowest BCUT2D eigenvalue weighted by Gasteiger charge is -2.33. The summed E-state index contributed by atoms with van der Waals surface area (Å²) in [4.78, 5) is 16.8. The van der Waals surface area contributed by atoms with E-state index in [0.29, 0.717) is 6.42 Å². The Bertz CT molecular complexity index is 1110. The molecule has 0 unspecified atom stereocenters. The molecule has 0 aliphatic heterocycles. The van der Waals surface area contributed by atoms with Crippen molar-refractivity contribution in [2.24, 2.45) is 22.1 Å². The molecular formula is C29H46N4O4S2. The fraction of sp³-hybridized carbons (Fsp3) is 0.517. The van der Waals surface area contributed by atoms with Crippen molar-refractivity contribution in [3.8, 4) is 0 Å². The van der Waals surface area contributed by atoms with E-state index >= 15 is 0 Å². The van der Waals surface area contributed by atoms with E-state index in [0.717, 1.165) is 5.56 Å². The van der Waals surface area contributed by atoms with Crippen LogP contribution in [0.3, 0.4) is 0 Å². The Balaban J connectivity index is 0.00000139. The van der Waals surface area contributed by atoms with E-state index in [4.69, 9.17) is 5.73 Å². The summed E-state index contributed by atoms with van der Waals surface area (Å²) in [5.74, 6) is -0.337. The van der Waals surface area contributed by atoms with Crippen LogP contribution >= 0.6 is 11.8 Å². The van der Waals surface area contributed by atoms with E-state index < -0.39 is 33.6 Å². The van der Waals surface area contributed by atoms with Crippen molar-refractivity contribution in [1.29, 1.82) is 0 Å². The third-order valence-electron chi connectivity index (χ3n) is 5.86. The van der Waals surface area contributed by atoms with Gasteiger partial charge in [-0.2, -0.15) is 4.31 Å². The van der Waals surface area contributed by atoms with E-state index in [9.17, 15) is 18.3 Å². The second-order valence-corrected chi connectivity index (χ2v) is 13.5. The summed E-state index contributed by atoms with van der Waals surface area (Å²) in [7, 11) is -2.07. The van der Waals surface area contributed by atoms with Crippen molar-refractivity contribution in [1.82, 2.24) is 9.62 Å². The maximum atomic E-state index is 13.4. The number of aliphatic imine (C=N–C) groups is 1. The van der Waals surface area contributed by atoms with Crippen LogP contribution in [0.4, 0.5) is 0 Å². The molecule has 218 valence electrons. The lowest BCUT2D eigenvalue weighted by Crippen LogP contribution is -2.56. The molecule has 39 heavy (non-hydrogen) atoms. The topological polar surface area (TPSA) is 125 Å². The first kappa shape index (κ1) is 34.8. The van der Waals surface area contributed by atoms with Crippen LogP contribution in [0.2, 0.25) is 0 Å². The fourth-order valence-corrected chi connectivity index (χ4v) is 5.53. The number of nitrogens with zero attached hydrogens (tertiary/aromatic N) is 2. The highest BCUT2D eigenvalue weighted by Gasteiger charge is 2.34. The van der Waals surface area contributed by atoms with E-state index in [1.807, 2.05) is 71.2 Å². The Labute approximate surface area is 239 Å². The predicted octanol–water partition coefficient (Wildman–Crippen LogP) is 3.80. The standard InChI is InChI=1S/C26H39N3O4S.C3H7NS/c1-19(2)17-29(34(32,33)21-14-10-7-11-15-21)18-23(30)22(16-20-12-8-6-9-13-20)28-25(31)24(27)26(3,4)5;1-4-3-5-2/h6-15,19,22-24,30H,16-18,27H2,1-5H3,(H,28,31);3H,1-2H3/t22-,23+,24+;/m0./s1. The first-order valence-corrected chi connectivity index (χ1v) is 15.7. The minimum Gasteiger partial charge on any atom is -0.390 e. The first-order chi connectivity index (χ1) is 18.2. The highest BCUT2D eigenvalue weighted by molar-refractivity contribution is 8.11. The molecule has 0 aromatic heterocycles. The number of nitrogens with two attached hydrogens (primary N) is 1. The molecule has 2 aromatic carbocycles. The lowest BCUT2D eigenvalue weighted by molar-refractivity contribution is -0.126. The molecular weight excluding hydrogens is 532 g/mol. The van der Waals surface area contributed by atoms with Gasteiger partial charge in [0, 0.05) is 20.1 Å². The minimum absolute atomic E-state index is 0.0437. The zero-order chi connectivity index (χ0) is 29.6. The average molecular weight is 579 g/mol. The number of aliphatic hydroxyl groups is 1. The summed E-state index contributed by atoms with van der Waals surface area (Å²) in [6.07, 6.45) is 1.17. The highest BCUT2D eigenvalue weighted by atomic mass is 32.2. The monoisotopic (exact) mass is 578 g/mol.